The van der Waals surface area contributed by atoms with Gasteiger partial charge in [0.2, 0.25) is 0 Å². The molecule has 6 nitrogen and oxygen atoms in total. The quantitative estimate of drug-likeness (QED) is 0.275. The molecule has 0 aromatic heterocycles. The van der Waals surface area contributed by atoms with Crippen LogP contribution in [0.25, 0.3) is 0 Å². The average Bonchev–Trinajstić information content (AvgIpc) is 2.51. The van der Waals surface area contributed by atoms with Crippen LogP contribution in [0.3, 0.4) is 0 Å². The summed E-state index contributed by atoms with van der Waals surface area (Å²) in [6, 6.07) is 6.96. The Balaban J connectivity index is 2.57. The van der Waals surface area contributed by atoms with Crippen molar-refractivity contribution in [2.24, 2.45) is 4.99 Å². The summed E-state index contributed by atoms with van der Waals surface area (Å²) in [6.07, 6.45) is 4.58. The van der Waals surface area contributed by atoms with Crippen molar-refractivity contribution in [3.8, 4) is 6.19 Å². The van der Waals surface area contributed by atoms with Gasteiger partial charge in [-0.2, -0.15) is 5.26 Å². The molecule has 0 fully saturated rings. The number of carbonyl (C=O) groups is 1. The van der Waals surface area contributed by atoms with Gasteiger partial charge in [0.05, 0.1) is 5.69 Å². The van der Waals surface area contributed by atoms with Gasteiger partial charge in [-0.05, 0) is 57.6 Å². The molecule has 1 aromatic rings. The lowest BCUT2D eigenvalue weighted by atomic mass is 10.2. The molecule has 0 saturated carbocycles. The van der Waals surface area contributed by atoms with E-state index in [0.717, 1.165) is 13.0 Å². The highest BCUT2D eigenvalue weighted by Crippen LogP contribution is 2.15. The van der Waals surface area contributed by atoms with Gasteiger partial charge >= 0.3 is 0 Å². The number of aliphatic imine (C=N–C) groups is 1. The summed E-state index contributed by atoms with van der Waals surface area (Å²) in [5.41, 5.74) is 1.29. The zero-order valence-electron chi connectivity index (χ0n) is 13.1. The van der Waals surface area contributed by atoms with Crippen LogP contribution in [0.5, 0.6) is 0 Å². The van der Waals surface area contributed by atoms with Gasteiger partial charge in [0, 0.05) is 12.1 Å². The van der Waals surface area contributed by atoms with Gasteiger partial charge in [-0.25, -0.2) is 4.99 Å². The number of amides is 1. The summed E-state index contributed by atoms with van der Waals surface area (Å²) in [5, 5.41) is 14.5. The van der Waals surface area contributed by atoms with E-state index in [-0.39, 0.29) is 5.91 Å². The third kappa shape index (κ3) is 6.61. The molecule has 0 aliphatic rings. The molecule has 1 rings (SSSR count). The van der Waals surface area contributed by atoms with E-state index in [1.807, 2.05) is 26.5 Å². The fourth-order valence-corrected chi connectivity index (χ4v) is 2.02. The largest absolute Gasteiger partial charge is 0.352 e. The van der Waals surface area contributed by atoms with Crippen molar-refractivity contribution in [2.45, 2.75) is 6.42 Å². The van der Waals surface area contributed by atoms with E-state index in [2.05, 4.69) is 20.5 Å². The maximum atomic E-state index is 12.0. The Hall–Kier alpha value is -2.04. The number of benzene rings is 1. The van der Waals surface area contributed by atoms with Crippen molar-refractivity contribution in [3.05, 3.63) is 29.8 Å². The van der Waals surface area contributed by atoms with Gasteiger partial charge in [-0.15, -0.1) is 0 Å². The third-order valence-corrected chi connectivity index (χ3v) is 3.36. The van der Waals surface area contributed by atoms with Crippen molar-refractivity contribution in [3.63, 3.8) is 0 Å². The molecule has 0 aliphatic carbocycles. The summed E-state index contributed by atoms with van der Waals surface area (Å²) in [7, 11) is 4.01. The smallest absolute Gasteiger partial charge is 0.251 e. The minimum absolute atomic E-state index is 0.0884. The molecule has 1 amide bonds. The zero-order chi connectivity index (χ0) is 16.4. The fourth-order valence-electron chi connectivity index (χ4n) is 1.68. The van der Waals surface area contributed by atoms with Crippen LogP contribution in [-0.4, -0.2) is 49.4 Å². The number of nitrogens with zero attached hydrogens (tertiary/aromatic N) is 3. The summed E-state index contributed by atoms with van der Waals surface area (Å²) in [4.78, 5) is 18.3. The van der Waals surface area contributed by atoms with Crippen molar-refractivity contribution < 1.29 is 4.79 Å². The van der Waals surface area contributed by atoms with Crippen LogP contribution < -0.4 is 10.6 Å². The Morgan fingerprint density at radius 1 is 1.36 bits per heavy atom. The lowest BCUT2D eigenvalue weighted by molar-refractivity contribution is 0.0952. The van der Waals surface area contributed by atoms with Crippen molar-refractivity contribution in [2.75, 3.05) is 33.4 Å². The van der Waals surface area contributed by atoms with E-state index in [0.29, 0.717) is 23.0 Å². The molecule has 0 heterocycles. The maximum absolute atomic E-state index is 12.0. The van der Waals surface area contributed by atoms with Crippen LogP contribution >= 0.6 is 11.8 Å². The molecule has 22 heavy (non-hydrogen) atoms. The first-order valence-electron chi connectivity index (χ1n) is 6.87. The minimum atomic E-state index is -0.0884. The Morgan fingerprint density at radius 3 is 2.59 bits per heavy atom. The first kappa shape index (κ1) is 18.0. The lowest BCUT2D eigenvalue weighted by Crippen LogP contribution is -2.27. The first-order valence-corrected chi connectivity index (χ1v) is 8.10. The van der Waals surface area contributed by atoms with Crippen LogP contribution in [0.15, 0.2) is 29.3 Å². The van der Waals surface area contributed by atoms with Gasteiger partial charge < -0.3 is 10.2 Å². The van der Waals surface area contributed by atoms with Gasteiger partial charge in [-0.1, -0.05) is 11.8 Å². The summed E-state index contributed by atoms with van der Waals surface area (Å²) < 4.78 is 0. The number of carbonyl (C=O) groups excluding carboxylic acids is 1. The molecule has 0 atom stereocenters. The highest BCUT2D eigenvalue weighted by molar-refractivity contribution is 8.13. The number of thioether (sulfide) groups is 1. The molecule has 0 radical (unpaired) electrons. The Morgan fingerprint density at radius 2 is 2.05 bits per heavy atom. The van der Waals surface area contributed by atoms with E-state index in [1.54, 1.807) is 24.3 Å². The molecule has 0 saturated heterocycles. The monoisotopic (exact) mass is 319 g/mol. The Bertz CT molecular complexity index is 548. The minimum Gasteiger partial charge on any atom is -0.352 e. The van der Waals surface area contributed by atoms with Gasteiger partial charge in [0.25, 0.3) is 5.91 Å². The molecule has 0 bridgehead atoms. The molecule has 2 N–H and O–H groups in total. The standard InChI is InChI=1S/C15H21N5OS/c1-20(2)10-4-9-17-14(21)12-5-7-13(8-6-12)19-15(22-3)18-11-16/h5-8H,4,9-10H2,1-3H3,(H,17,21)(H,18,19). The second-order valence-electron chi connectivity index (χ2n) is 4.82. The van der Waals surface area contributed by atoms with Crippen LogP contribution in [0.1, 0.15) is 16.8 Å². The number of hydrogen-bond donors (Lipinski definition) is 2. The van der Waals surface area contributed by atoms with Crippen molar-refractivity contribution >= 4 is 28.5 Å². The lowest BCUT2D eigenvalue weighted by Gasteiger charge is -2.10. The number of hydrogen-bond acceptors (Lipinski definition) is 5. The Kier molecular flexibility index (Phi) is 8.04. The van der Waals surface area contributed by atoms with Gasteiger partial charge in [0.15, 0.2) is 11.4 Å². The third-order valence-electron chi connectivity index (χ3n) is 2.78. The fraction of sp³-hybridized carbons (Fsp3) is 0.400. The number of amidine groups is 1. The van der Waals surface area contributed by atoms with Crippen LogP contribution in [0.4, 0.5) is 5.69 Å². The van der Waals surface area contributed by atoms with E-state index in [4.69, 9.17) is 5.26 Å². The number of nitriles is 1. The predicted molar refractivity (Wildman–Crippen MR) is 91.3 cm³/mol. The number of nitrogens with one attached hydrogen (secondary N) is 2. The Labute approximate surface area is 135 Å². The second-order valence-corrected chi connectivity index (χ2v) is 5.61. The average molecular weight is 319 g/mol. The topological polar surface area (TPSA) is 80.5 Å². The maximum Gasteiger partial charge on any atom is 0.251 e. The second kappa shape index (κ2) is 9.82. The molecule has 0 aliphatic heterocycles. The summed E-state index contributed by atoms with van der Waals surface area (Å²) >= 11 is 1.35. The van der Waals surface area contributed by atoms with Gasteiger partial charge in [-0.3, -0.25) is 10.1 Å². The van der Waals surface area contributed by atoms with E-state index < -0.39 is 0 Å². The van der Waals surface area contributed by atoms with Crippen LogP contribution in [-0.2, 0) is 0 Å². The first-order chi connectivity index (χ1) is 10.6. The molecule has 7 heteroatoms. The molecule has 118 valence electrons. The van der Waals surface area contributed by atoms with Crippen LogP contribution in [0, 0.1) is 11.5 Å². The zero-order valence-corrected chi connectivity index (χ0v) is 13.9. The van der Waals surface area contributed by atoms with E-state index in [9.17, 15) is 4.79 Å². The SMILES string of the molecule is CSC(=Nc1ccc(C(=O)NCCCN(C)C)cc1)NC#N. The van der Waals surface area contributed by atoms with Gasteiger partial charge in [0.1, 0.15) is 0 Å². The highest BCUT2D eigenvalue weighted by Gasteiger charge is 2.05. The normalized spacial score (nSPS) is 11.1. The summed E-state index contributed by atoms with van der Waals surface area (Å²) in [5.74, 6) is -0.0884. The number of rotatable bonds is 6. The predicted octanol–water partition coefficient (Wildman–Crippen LogP) is 1.79. The van der Waals surface area contributed by atoms with E-state index >= 15 is 0 Å². The molecular weight excluding hydrogens is 298 g/mol. The molecule has 0 unspecified atom stereocenters. The van der Waals surface area contributed by atoms with Crippen molar-refractivity contribution in [1.82, 2.24) is 15.5 Å². The molecule has 0 spiro atoms. The highest BCUT2D eigenvalue weighted by atomic mass is 32.2. The summed E-state index contributed by atoms with van der Waals surface area (Å²) in [6.45, 7) is 1.59. The van der Waals surface area contributed by atoms with Crippen LogP contribution in [0.2, 0.25) is 0 Å². The van der Waals surface area contributed by atoms with E-state index in [1.165, 1.54) is 11.8 Å². The van der Waals surface area contributed by atoms with Crippen molar-refractivity contribution in [1.29, 1.82) is 5.26 Å². The molecule has 1 aromatic carbocycles. The molecular formula is C15H21N5OS.